The molecule has 3 aliphatic rings. The van der Waals surface area contributed by atoms with Gasteiger partial charge in [0.05, 0.1) is 17.4 Å². The fourth-order valence-corrected chi connectivity index (χ4v) is 6.24. The molecule has 1 aromatic carbocycles. The third-order valence-electron chi connectivity index (χ3n) is 8.36. The van der Waals surface area contributed by atoms with Gasteiger partial charge in [0, 0.05) is 23.4 Å². The second kappa shape index (κ2) is 9.07. The topological polar surface area (TPSA) is 54.9 Å². The van der Waals surface area contributed by atoms with Crippen LogP contribution in [0.3, 0.4) is 0 Å². The second-order valence-electron chi connectivity index (χ2n) is 10.7. The first kappa shape index (κ1) is 22.2. The zero-order chi connectivity index (χ0) is 23.9. The molecule has 35 heavy (non-hydrogen) atoms. The Morgan fingerprint density at radius 3 is 2.57 bits per heavy atom. The Balaban J connectivity index is 1.07. The van der Waals surface area contributed by atoms with Gasteiger partial charge >= 0.3 is 0 Å². The Bertz CT molecular complexity index is 1310. The fourth-order valence-electron chi connectivity index (χ4n) is 6.24. The quantitative estimate of drug-likeness (QED) is 0.457. The van der Waals surface area contributed by atoms with Gasteiger partial charge in [-0.05, 0) is 110 Å². The van der Waals surface area contributed by atoms with E-state index in [1.165, 1.54) is 24.5 Å². The molecule has 0 aliphatic heterocycles. The van der Waals surface area contributed by atoms with Crippen LogP contribution in [0.15, 0.2) is 48.8 Å². The summed E-state index contributed by atoms with van der Waals surface area (Å²) in [5, 5.41) is 4.00. The Morgan fingerprint density at radius 2 is 1.86 bits per heavy atom. The zero-order valence-electron chi connectivity index (χ0n) is 20.0. The second-order valence-corrected chi connectivity index (χ2v) is 10.7. The minimum Gasteiger partial charge on any atom is -0.324 e. The van der Waals surface area contributed by atoms with E-state index in [2.05, 4.69) is 40.1 Å². The van der Waals surface area contributed by atoms with Gasteiger partial charge in [-0.3, -0.25) is 9.78 Å². The van der Waals surface area contributed by atoms with Crippen molar-refractivity contribution in [1.29, 1.82) is 0 Å². The number of hydrogen-bond donors (Lipinski definition) is 1. The van der Waals surface area contributed by atoms with E-state index in [0.29, 0.717) is 29.6 Å². The van der Waals surface area contributed by atoms with Crippen LogP contribution >= 0.6 is 0 Å². The summed E-state index contributed by atoms with van der Waals surface area (Å²) in [6, 6.07) is 10.7. The van der Waals surface area contributed by atoms with Crippen LogP contribution in [-0.4, -0.2) is 15.9 Å². The molecule has 3 saturated carbocycles. The lowest BCUT2D eigenvalue weighted by Crippen LogP contribution is -2.26. The predicted molar refractivity (Wildman–Crippen MR) is 135 cm³/mol. The number of carbonyl (C=O) groups is 1. The molecule has 3 fully saturated rings. The van der Waals surface area contributed by atoms with Crippen molar-refractivity contribution in [3.8, 4) is 11.8 Å². The molecule has 2 heterocycles. The van der Waals surface area contributed by atoms with E-state index in [1.807, 2.05) is 18.3 Å². The number of nitrogens with one attached hydrogen (secondary N) is 1. The normalized spacial score (nSPS) is 26.1. The molecular weight excluding hydrogens is 437 g/mol. The maximum absolute atomic E-state index is 13.9. The van der Waals surface area contributed by atoms with Crippen LogP contribution in [0.25, 0.3) is 10.9 Å². The number of anilines is 1. The van der Waals surface area contributed by atoms with Crippen LogP contribution in [0.2, 0.25) is 0 Å². The van der Waals surface area contributed by atoms with Gasteiger partial charge in [-0.1, -0.05) is 12.8 Å². The summed E-state index contributed by atoms with van der Waals surface area (Å²) in [7, 11) is 0. The van der Waals surface area contributed by atoms with Gasteiger partial charge < -0.3 is 5.32 Å². The third-order valence-corrected chi connectivity index (χ3v) is 8.36. The maximum atomic E-state index is 13.9. The average Bonchev–Trinajstić information content (AvgIpc) is 3.49. The highest BCUT2D eigenvalue weighted by Crippen LogP contribution is 2.54. The van der Waals surface area contributed by atoms with Crippen LogP contribution in [0.1, 0.15) is 62.6 Å². The molecule has 0 saturated heterocycles. The van der Waals surface area contributed by atoms with Crippen LogP contribution in [0.5, 0.6) is 0 Å². The van der Waals surface area contributed by atoms with E-state index in [0.717, 1.165) is 48.0 Å². The number of carbonyl (C=O) groups excluding carboxylic acids is 1. The van der Waals surface area contributed by atoms with Gasteiger partial charge in [0.1, 0.15) is 11.5 Å². The number of rotatable bonds is 4. The SMILES string of the molecule is CC(C(=O)Nc1ccc(C#CC2CC2)nc1)[C@H]1C[C@H]2CC(c3ccnc4ccc(F)cc34)C[C@H]2C1. The molecule has 0 spiro atoms. The Kier molecular flexibility index (Phi) is 5.76. The van der Waals surface area contributed by atoms with Crippen molar-refractivity contribution in [2.45, 2.75) is 51.4 Å². The summed E-state index contributed by atoms with van der Waals surface area (Å²) in [6.45, 7) is 2.06. The molecule has 3 aromatic rings. The summed E-state index contributed by atoms with van der Waals surface area (Å²) in [5.41, 5.74) is 3.57. The highest BCUT2D eigenvalue weighted by molar-refractivity contribution is 5.92. The number of pyridine rings is 2. The maximum Gasteiger partial charge on any atom is 0.227 e. The lowest BCUT2D eigenvalue weighted by Gasteiger charge is -2.21. The summed E-state index contributed by atoms with van der Waals surface area (Å²) < 4.78 is 13.9. The van der Waals surface area contributed by atoms with E-state index >= 15 is 0 Å². The van der Waals surface area contributed by atoms with Crippen LogP contribution in [0, 0.1) is 47.2 Å². The molecule has 0 bridgehead atoms. The van der Waals surface area contributed by atoms with Gasteiger partial charge in [-0.25, -0.2) is 9.37 Å². The zero-order valence-corrected chi connectivity index (χ0v) is 20.0. The molecule has 178 valence electrons. The average molecular weight is 468 g/mol. The first-order valence-electron chi connectivity index (χ1n) is 12.9. The Hall–Kier alpha value is -3.26. The Labute approximate surface area is 205 Å². The molecule has 1 amide bonds. The highest BCUT2D eigenvalue weighted by atomic mass is 19.1. The molecule has 6 rings (SSSR count). The minimum atomic E-state index is -0.208. The number of aromatic nitrogens is 2. The molecule has 2 unspecified atom stereocenters. The van der Waals surface area contributed by atoms with Crippen LogP contribution < -0.4 is 5.32 Å². The van der Waals surface area contributed by atoms with E-state index in [4.69, 9.17) is 0 Å². The van der Waals surface area contributed by atoms with Crippen molar-refractivity contribution >= 4 is 22.5 Å². The molecular formula is C30H30FN3O. The highest BCUT2D eigenvalue weighted by Gasteiger charge is 2.44. The van der Waals surface area contributed by atoms with Gasteiger partial charge in [0.2, 0.25) is 5.91 Å². The standard InChI is InChI=1S/C30H30FN3O/c1-18(30(35)34-26-8-7-25(33-17-26)6-4-19-2-3-19)20-12-21-14-23(15-22(21)13-20)27-10-11-32-29-9-5-24(31)16-28(27)29/h5,7-11,16-23H,2-3,12-15H2,1H3,(H,34,35)/t18?,20-,21-,22+,23?. The van der Waals surface area contributed by atoms with E-state index < -0.39 is 0 Å². The van der Waals surface area contributed by atoms with Crippen molar-refractivity contribution in [3.63, 3.8) is 0 Å². The van der Waals surface area contributed by atoms with Crippen LogP contribution in [0.4, 0.5) is 10.1 Å². The van der Waals surface area contributed by atoms with Crippen molar-refractivity contribution in [1.82, 2.24) is 9.97 Å². The van der Waals surface area contributed by atoms with Crippen LogP contribution in [-0.2, 0) is 4.79 Å². The summed E-state index contributed by atoms with van der Waals surface area (Å²) in [6.07, 6.45) is 10.3. The first-order valence-corrected chi connectivity index (χ1v) is 12.9. The van der Waals surface area contributed by atoms with Crippen molar-refractivity contribution < 1.29 is 9.18 Å². The largest absolute Gasteiger partial charge is 0.324 e. The Morgan fingerprint density at radius 1 is 1.06 bits per heavy atom. The minimum absolute atomic E-state index is 0.0377. The van der Waals surface area contributed by atoms with Crippen molar-refractivity contribution in [2.75, 3.05) is 5.32 Å². The molecule has 1 N–H and O–H groups in total. The molecule has 5 atom stereocenters. The monoisotopic (exact) mass is 467 g/mol. The van der Waals surface area contributed by atoms with E-state index in [9.17, 15) is 9.18 Å². The molecule has 4 nitrogen and oxygen atoms in total. The van der Waals surface area contributed by atoms with Gasteiger partial charge in [0.15, 0.2) is 0 Å². The summed E-state index contributed by atoms with van der Waals surface area (Å²) in [4.78, 5) is 21.8. The third kappa shape index (κ3) is 4.67. The number of hydrogen-bond acceptors (Lipinski definition) is 3. The van der Waals surface area contributed by atoms with Crippen molar-refractivity contribution in [3.05, 3.63) is 65.9 Å². The lowest BCUT2D eigenvalue weighted by molar-refractivity contribution is -0.120. The van der Waals surface area contributed by atoms with E-state index in [-0.39, 0.29) is 17.6 Å². The molecule has 3 aliphatic carbocycles. The van der Waals surface area contributed by atoms with E-state index in [1.54, 1.807) is 18.3 Å². The number of amides is 1. The molecule has 5 heteroatoms. The molecule has 2 aromatic heterocycles. The fraction of sp³-hybridized carbons (Fsp3) is 0.433. The van der Waals surface area contributed by atoms with Gasteiger partial charge in [0.25, 0.3) is 0 Å². The number of nitrogens with zero attached hydrogens (tertiary/aromatic N) is 2. The van der Waals surface area contributed by atoms with Gasteiger partial charge in [-0.2, -0.15) is 0 Å². The number of benzene rings is 1. The summed E-state index contributed by atoms with van der Waals surface area (Å²) >= 11 is 0. The first-order chi connectivity index (χ1) is 17.0. The number of halogens is 1. The predicted octanol–water partition coefficient (Wildman–Crippen LogP) is 6.33. The molecule has 0 radical (unpaired) electrons. The number of fused-ring (bicyclic) bond motifs is 2. The van der Waals surface area contributed by atoms with Gasteiger partial charge in [-0.15, -0.1) is 0 Å². The smallest absolute Gasteiger partial charge is 0.227 e. The van der Waals surface area contributed by atoms with Crippen molar-refractivity contribution in [2.24, 2.45) is 29.6 Å². The lowest BCUT2D eigenvalue weighted by atomic mass is 9.86. The summed E-state index contributed by atoms with van der Waals surface area (Å²) in [5.74, 6) is 8.79.